The van der Waals surface area contributed by atoms with Crippen molar-refractivity contribution < 1.29 is 22.3 Å². The SMILES string of the molecule is COCCN(C)C(=O)c1cc(S(N)(=O)=O)ccc1F. The maximum atomic E-state index is 13.6. The number of primary sulfonamides is 1. The molecule has 0 aliphatic carbocycles. The molecule has 2 N–H and O–H groups in total. The minimum atomic E-state index is -3.98. The molecule has 8 heteroatoms. The van der Waals surface area contributed by atoms with E-state index < -0.39 is 21.7 Å². The first kappa shape index (κ1) is 15.5. The Bertz CT molecular complexity index is 574. The molecule has 0 fully saturated rings. The number of nitrogens with two attached hydrogens (primary N) is 1. The number of carbonyl (C=O) groups excluding carboxylic acids is 1. The minimum absolute atomic E-state index is 0.258. The number of hydrogen-bond acceptors (Lipinski definition) is 4. The van der Waals surface area contributed by atoms with Crippen molar-refractivity contribution in [2.45, 2.75) is 4.90 Å². The van der Waals surface area contributed by atoms with Crippen molar-refractivity contribution in [2.24, 2.45) is 5.14 Å². The van der Waals surface area contributed by atoms with E-state index in [1.807, 2.05) is 0 Å². The van der Waals surface area contributed by atoms with Gasteiger partial charge in [0.2, 0.25) is 10.0 Å². The number of amides is 1. The summed E-state index contributed by atoms with van der Waals surface area (Å²) in [5, 5.41) is 4.94. The van der Waals surface area contributed by atoms with Gasteiger partial charge in [-0.2, -0.15) is 0 Å². The van der Waals surface area contributed by atoms with Gasteiger partial charge < -0.3 is 9.64 Å². The summed E-state index contributed by atoms with van der Waals surface area (Å²) in [5.74, 6) is -1.44. The van der Waals surface area contributed by atoms with Gasteiger partial charge in [-0.15, -0.1) is 0 Å². The van der Waals surface area contributed by atoms with Crippen molar-refractivity contribution in [3.05, 3.63) is 29.6 Å². The van der Waals surface area contributed by atoms with E-state index in [1.165, 1.54) is 19.1 Å². The van der Waals surface area contributed by atoms with Crippen LogP contribution in [0.1, 0.15) is 10.4 Å². The topological polar surface area (TPSA) is 89.7 Å². The normalized spacial score (nSPS) is 11.4. The van der Waals surface area contributed by atoms with E-state index in [0.29, 0.717) is 6.61 Å². The van der Waals surface area contributed by atoms with Gasteiger partial charge in [0, 0.05) is 20.7 Å². The van der Waals surface area contributed by atoms with Crippen LogP contribution in [0, 0.1) is 5.82 Å². The monoisotopic (exact) mass is 290 g/mol. The third-order valence-corrected chi connectivity index (χ3v) is 3.39. The molecule has 0 saturated carbocycles. The Morgan fingerprint density at radius 2 is 2.11 bits per heavy atom. The average molecular weight is 290 g/mol. The van der Waals surface area contributed by atoms with Crippen molar-refractivity contribution in [1.82, 2.24) is 4.90 Å². The lowest BCUT2D eigenvalue weighted by Crippen LogP contribution is -2.30. The summed E-state index contributed by atoms with van der Waals surface area (Å²) in [5.41, 5.74) is -0.342. The third kappa shape index (κ3) is 3.98. The number of halogens is 1. The second-order valence-corrected chi connectivity index (χ2v) is 5.47. The fourth-order valence-electron chi connectivity index (χ4n) is 1.38. The van der Waals surface area contributed by atoms with Crippen LogP contribution in [0.3, 0.4) is 0 Å². The molecular weight excluding hydrogens is 275 g/mol. The summed E-state index contributed by atoms with van der Waals surface area (Å²) in [6.45, 7) is 0.549. The number of nitrogens with zero attached hydrogens (tertiary/aromatic N) is 1. The van der Waals surface area contributed by atoms with E-state index in [2.05, 4.69) is 0 Å². The Morgan fingerprint density at radius 3 is 2.63 bits per heavy atom. The number of rotatable bonds is 5. The Kier molecular flexibility index (Phi) is 4.98. The van der Waals surface area contributed by atoms with Crippen LogP contribution in [0.5, 0.6) is 0 Å². The number of hydrogen-bond donors (Lipinski definition) is 1. The van der Waals surface area contributed by atoms with Crippen LogP contribution in [0.25, 0.3) is 0 Å². The zero-order valence-corrected chi connectivity index (χ0v) is 11.4. The number of ether oxygens (including phenoxy) is 1. The summed E-state index contributed by atoms with van der Waals surface area (Å²) >= 11 is 0. The first-order valence-electron chi connectivity index (χ1n) is 5.34. The molecule has 0 aliphatic heterocycles. The highest BCUT2D eigenvalue weighted by Crippen LogP contribution is 2.15. The van der Waals surface area contributed by atoms with E-state index in [-0.39, 0.29) is 17.0 Å². The van der Waals surface area contributed by atoms with Gasteiger partial charge in [0.15, 0.2) is 0 Å². The van der Waals surface area contributed by atoms with Crippen LogP contribution in [0.4, 0.5) is 4.39 Å². The maximum Gasteiger partial charge on any atom is 0.256 e. The van der Waals surface area contributed by atoms with Crippen molar-refractivity contribution in [3.63, 3.8) is 0 Å². The number of sulfonamides is 1. The highest BCUT2D eigenvalue weighted by molar-refractivity contribution is 7.89. The van der Waals surface area contributed by atoms with Gasteiger partial charge in [-0.1, -0.05) is 0 Å². The molecular formula is C11H15FN2O4S. The predicted octanol–water partition coefficient (Wildman–Crippen LogP) is 0.192. The quantitative estimate of drug-likeness (QED) is 0.838. The molecule has 1 rings (SSSR count). The van der Waals surface area contributed by atoms with Crippen LogP contribution >= 0.6 is 0 Å². The molecule has 0 unspecified atom stereocenters. The zero-order valence-electron chi connectivity index (χ0n) is 10.6. The number of carbonyl (C=O) groups is 1. The van der Waals surface area contributed by atoms with Crippen molar-refractivity contribution in [2.75, 3.05) is 27.3 Å². The van der Waals surface area contributed by atoms with E-state index in [4.69, 9.17) is 9.88 Å². The fourth-order valence-corrected chi connectivity index (χ4v) is 1.92. The van der Waals surface area contributed by atoms with Gasteiger partial charge in [-0.3, -0.25) is 4.79 Å². The molecule has 1 aromatic rings. The van der Waals surface area contributed by atoms with Gasteiger partial charge in [0.25, 0.3) is 5.91 Å². The minimum Gasteiger partial charge on any atom is -0.383 e. The molecule has 0 aromatic heterocycles. The largest absolute Gasteiger partial charge is 0.383 e. The Morgan fingerprint density at radius 1 is 1.47 bits per heavy atom. The highest BCUT2D eigenvalue weighted by Gasteiger charge is 2.19. The molecule has 0 heterocycles. The van der Waals surface area contributed by atoms with Crippen LogP contribution in [0.2, 0.25) is 0 Å². The number of likely N-dealkylation sites (N-methyl/N-ethyl adjacent to an activating group) is 1. The summed E-state index contributed by atoms with van der Waals surface area (Å²) in [6.07, 6.45) is 0. The molecule has 1 amide bonds. The predicted molar refractivity (Wildman–Crippen MR) is 66.6 cm³/mol. The Balaban J connectivity index is 3.09. The first-order chi connectivity index (χ1) is 8.77. The molecule has 106 valence electrons. The Hall–Kier alpha value is -1.51. The second kappa shape index (κ2) is 6.09. The van der Waals surface area contributed by atoms with Crippen LogP contribution in [-0.2, 0) is 14.8 Å². The zero-order chi connectivity index (χ0) is 14.6. The van der Waals surface area contributed by atoms with Gasteiger partial charge in [-0.25, -0.2) is 17.9 Å². The average Bonchev–Trinajstić information content (AvgIpc) is 2.34. The number of methoxy groups -OCH3 is 1. The highest BCUT2D eigenvalue weighted by atomic mass is 32.2. The summed E-state index contributed by atoms with van der Waals surface area (Å²) < 4.78 is 40.7. The van der Waals surface area contributed by atoms with Crippen molar-refractivity contribution in [1.29, 1.82) is 0 Å². The second-order valence-electron chi connectivity index (χ2n) is 3.91. The van der Waals surface area contributed by atoms with E-state index >= 15 is 0 Å². The van der Waals surface area contributed by atoms with Gasteiger partial charge in [-0.05, 0) is 18.2 Å². The van der Waals surface area contributed by atoms with Gasteiger partial charge in [0.1, 0.15) is 5.82 Å². The standard InChI is InChI=1S/C11H15FN2O4S/c1-14(5-6-18-2)11(15)9-7-8(19(13,16)17)3-4-10(9)12/h3-4,7H,5-6H2,1-2H3,(H2,13,16,17). The van der Waals surface area contributed by atoms with E-state index in [0.717, 1.165) is 18.2 Å². The first-order valence-corrected chi connectivity index (χ1v) is 6.88. The molecule has 0 spiro atoms. The molecule has 1 aromatic carbocycles. The van der Waals surface area contributed by atoms with Crippen LogP contribution in [0.15, 0.2) is 23.1 Å². The van der Waals surface area contributed by atoms with E-state index in [9.17, 15) is 17.6 Å². The summed E-state index contributed by atoms with van der Waals surface area (Å²) in [6, 6.07) is 2.84. The Labute approximate surface area is 111 Å². The van der Waals surface area contributed by atoms with E-state index in [1.54, 1.807) is 0 Å². The number of benzene rings is 1. The summed E-state index contributed by atoms with van der Waals surface area (Å²) in [7, 11) is -1.04. The lowest BCUT2D eigenvalue weighted by atomic mass is 10.2. The molecule has 19 heavy (non-hydrogen) atoms. The fraction of sp³-hybridized carbons (Fsp3) is 0.364. The molecule has 0 saturated heterocycles. The molecule has 0 radical (unpaired) electrons. The smallest absolute Gasteiger partial charge is 0.256 e. The molecule has 6 nitrogen and oxygen atoms in total. The van der Waals surface area contributed by atoms with Crippen LogP contribution in [-0.4, -0.2) is 46.5 Å². The maximum absolute atomic E-state index is 13.6. The molecule has 0 bridgehead atoms. The van der Waals surface area contributed by atoms with Crippen molar-refractivity contribution >= 4 is 15.9 Å². The van der Waals surface area contributed by atoms with Gasteiger partial charge in [0.05, 0.1) is 17.1 Å². The van der Waals surface area contributed by atoms with Gasteiger partial charge >= 0.3 is 0 Å². The van der Waals surface area contributed by atoms with Crippen LogP contribution < -0.4 is 5.14 Å². The molecule has 0 atom stereocenters. The lowest BCUT2D eigenvalue weighted by Gasteiger charge is -2.17. The van der Waals surface area contributed by atoms with Crippen molar-refractivity contribution in [3.8, 4) is 0 Å². The molecule has 0 aliphatic rings. The summed E-state index contributed by atoms with van der Waals surface area (Å²) in [4.78, 5) is 12.9. The third-order valence-electron chi connectivity index (χ3n) is 2.47. The lowest BCUT2D eigenvalue weighted by molar-refractivity contribution is 0.0739.